The van der Waals surface area contributed by atoms with Crippen LogP contribution in [0, 0.1) is 5.82 Å². The van der Waals surface area contributed by atoms with Crippen LogP contribution in [0.15, 0.2) is 55.1 Å². The summed E-state index contributed by atoms with van der Waals surface area (Å²) >= 11 is 13.5. The SMILES string of the molecule is C=CC(=O)N1CCN(c2nc(OCC3CCCN3C)nc3c(F)c(-c4cccc5cccc(Cl)c45)c(Cl)cc23)C(C)C1. The Hall–Kier alpha value is -3.46. The lowest BCUT2D eigenvalue weighted by atomic mass is 9.96. The number of anilines is 1. The van der Waals surface area contributed by atoms with Gasteiger partial charge in [0.05, 0.1) is 5.02 Å². The molecule has 0 spiro atoms. The van der Waals surface area contributed by atoms with Crippen LogP contribution in [-0.2, 0) is 4.79 Å². The predicted octanol–water partition coefficient (Wildman–Crippen LogP) is 6.59. The summed E-state index contributed by atoms with van der Waals surface area (Å²) in [5.41, 5.74) is 0.932. The van der Waals surface area contributed by atoms with Crippen LogP contribution in [0.1, 0.15) is 19.8 Å². The van der Waals surface area contributed by atoms with Gasteiger partial charge in [0.2, 0.25) is 5.91 Å². The van der Waals surface area contributed by atoms with Crippen LogP contribution in [0.25, 0.3) is 32.8 Å². The number of likely N-dealkylation sites (tertiary alicyclic amines) is 1. The second-order valence-electron chi connectivity index (χ2n) is 11.0. The number of likely N-dealkylation sites (N-methyl/N-ethyl adjacent to an activating group) is 1. The molecule has 0 bridgehead atoms. The van der Waals surface area contributed by atoms with Crippen molar-refractivity contribution in [3.63, 3.8) is 0 Å². The zero-order valence-corrected chi connectivity index (χ0v) is 25.1. The highest BCUT2D eigenvalue weighted by atomic mass is 35.5. The molecule has 2 aliphatic rings. The molecule has 3 aromatic carbocycles. The first-order valence-corrected chi connectivity index (χ1v) is 14.9. The van der Waals surface area contributed by atoms with Gasteiger partial charge < -0.3 is 19.4 Å². The van der Waals surface area contributed by atoms with Crippen LogP contribution in [0.2, 0.25) is 10.0 Å². The van der Waals surface area contributed by atoms with Crippen molar-refractivity contribution in [1.29, 1.82) is 0 Å². The number of nitrogens with zero attached hydrogens (tertiary/aromatic N) is 5. The molecular formula is C32H32Cl2FN5O2. The zero-order valence-electron chi connectivity index (χ0n) is 23.6. The third kappa shape index (κ3) is 5.16. The summed E-state index contributed by atoms with van der Waals surface area (Å²) in [6.07, 6.45) is 3.44. The Kier molecular flexibility index (Phi) is 7.96. The fourth-order valence-corrected chi connectivity index (χ4v) is 6.73. The van der Waals surface area contributed by atoms with Crippen molar-refractivity contribution in [3.05, 3.63) is 71.0 Å². The summed E-state index contributed by atoms with van der Waals surface area (Å²) in [5, 5.41) is 2.81. The second-order valence-corrected chi connectivity index (χ2v) is 11.8. The summed E-state index contributed by atoms with van der Waals surface area (Å²) < 4.78 is 22.9. The van der Waals surface area contributed by atoms with Crippen LogP contribution < -0.4 is 9.64 Å². The van der Waals surface area contributed by atoms with Crippen LogP contribution >= 0.6 is 23.2 Å². The summed E-state index contributed by atoms with van der Waals surface area (Å²) in [6.45, 7) is 8.48. The average Bonchev–Trinajstić information content (AvgIpc) is 3.40. The molecule has 0 aliphatic carbocycles. The van der Waals surface area contributed by atoms with Gasteiger partial charge in [-0.15, -0.1) is 0 Å². The summed E-state index contributed by atoms with van der Waals surface area (Å²) in [5.74, 6) is -0.160. The quantitative estimate of drug-likeness (QED) is 0.230. The Balaban J connectivity index is 1.50. The number of rotatable bonds is 6. The van der Waals surface area contributed by atoms with E-state index in [2.05, 4.69) is 28.4 Å². The van der Waals surface area contributed by atoms with Gasteiger partial charge in [-0.05, 0) is 62.5 Å². The molecule has 42 heavy (non-hydrogen) atoms. The number of carbonyl (C=O) groups excluding carboxylic acids is 1. The molecule has 0 saturated carbocycles. The lowest BCUT2D eigenvalue weighted by Gasteiger charge is -2.40. The van der Waals surface area contributed by atoms with Gasteiger partial charge in [0.1, 0.15) is 17.9 Å². The van der Waals surface area contributed by atoms with Gasteiger partial charge in [0, 0.05) is 53.1 Å². The van der Waals surface area contributed by atoms with Gasteiger partial charge in [0.15, 0.2) is 5.82 Å². The smallest absolute Gasteiger partial charge is 0.319 e. The molecule has 1 amide bonds. The normalized spacial score (nSPS) is 19.5. The van der Waals surface area contributed by atoms with Crippen molar-refractivity contribution < 1.29 is 13.9 Å². The van der Waals surface area contributed by atoms with E-state index in [1.165, 1.54) is 6.08 Å². The summed E-state index contributed by atoms with van der Waals surface area (Å²) in [7, 11) is 2.07. The van der Waals surface area contributed by atoms with Gasteiger partial charge in [-0.3, -0.25) is 4.79 Å². The molecule has 6 rings (SSSR count). The first kappa shape index (κ1) is 28.6. The Morgan fingerprint density at radius 1 is 1.14 bits per heavy atom. The number of amides is 1. The van der Waals surface area contributed by atoms with E-state index in [9.17, 15) is 4.79 Å². The molecule has 7 nitrogen and oxygen atoms in total. The molecule has 4 aromatic rings. The van der Waals surface area contributed by atoms with Gasteiger partial charge >= 0.3 is 6.01 Å². The van der Waals surface area contributed by atoms with Crippen LogP contribution in [0.3, 0.4) is 0 Å². The van der Waals surface area contributed by atoms with Crippen molar-refractivity contribution in [3.8, 4) is 17.1 Å². The largest absolute Gasteiger partial charge is 0.462 e. The number of hydrogen-bond acceptors (Lipinski definition) is 6. The maximum absolute atomic E-state index is 16.8. The molecule has 2 aliphatic heterocycles. The Bertz CT molecular complexity index is 1690. The molecule has 0 radical (unpaired) electrons. The minimum atomic E-state index is -0.565. The summed E-state index contributed by atoms with van der Waals surface area (Å²) in [4.78, 5) is 27.8. The third-order valence-corrected chi connectivity index (χ3v) is 9.04. The lowest BCUT2D eigenvalue weighted by molar-refractivity contribution is -0.126. The monoisotopic (exact) mass is 607 g/mol. The highest BCUT2D eigenvalue weighted by Crippen LogP contribution is 2.43. The van der Waals surface area contributed by atoms with Crippen LogP contribution in [-0.4, -0.2) is 77.6 Å². The Morgan fingerprint density at radius 3 is 2.64 bits per heavy atom. The molecule has 3 heterocycles. The molecule has 2 unspecified atom stereocenters. The van der Waals surface area contributed by atoms with Crippen molar-refractivity contribution in [2.45, 2.75) is 31.8 Å². The zero-order chi connectivity index (χ0) is 29.5. The standard InChI is InChI=1S/C32H32Cl2FN5O2/c1-4-26(41)39-14-15-40(19(2)17-39)31-23-16-25(34)28(22-11-5-8-20-9-6-12-24(33)27(20)22)29(35)30(23)36-32(37-31)42-18-21-10-7-13-38(21)3/h4-6,8-9,11-12,16,19,21H,1,7,10,13-15,17-18H2,2-3H3. The highest BCUT2D eigenvalue weighted by Gasteiger charge is 2.31. The predicted molar refractivity (Wildman–Crippen MR) is 167 cm³/mol. The number of ether oxygens (including phenoxy) is 1. The number of piperazine rings is 1. The number of aromatic nitrogens is 2. The topological polar surface area (TPSA) is 61.8 Å². The van der Waals surface area contributed by atoms with Crippen molar-refractivity contribution in [2.75, 3.05) is 44.7 Å². The minimum Gasteiger partial charge on any atom is -0.462 e. The molecule has 2 atom stereocenters. The van der Waals surface area contributed by atoms with Gasteiger partial charge in [-0.25, -0.2) is 4.39 Å². The number of hydrogen-bond donors (Lipinski definition) is 0. The number of halogens is 3. The second kappa shape index (κ2) is 11.7. The van der Waals surface area contributed by atoms with Crippen LogP contribution in [0.4, 0.5) is 10.2 Å². The molecule has 1 aromatic heterocycles. The molecular weight excluding hydrogens is 576 g/mol. The maximum Gasteiger partial charge on any atom is 0.319 e. The Labute approximate surface area is 254 Å². The summed E-state index contributed by atoms with van der Waals surface area (Å²) in [6, 6.07) is 13.2. The van der Waals surface area contributed by atoms with Gasteiger partial charge in [-0.2, -0.15) is 9.97 Å². The molecule has 2 fully saturated rings. The van der Waals surface area contributed by atoms with E-state index < -0.39 is 5.82 Å². The number of benzene rings is 3. The van der Waals surface area contributed by atoms with Crippen molar-refractivity contribution in [2.24, 2.45) is 0 Å². The van der Waals surface area contributed by atoms with E-state index in [0.29, 0.717) is 53.4 Å². The van der Waals surface area contributed by atoms with E-state index >= 15 is 4.39 Å². The molecule has 0 N–H and O–H groups in total. The molecule has 2 saturated heterocycles. The fraction of sp³-hybridized carbons (Fsp3) is 0.344. The minimum absolute atomic E-state index is 0.104. The maximum atomic E-state index is 16.8. The third-order valence-electron chi connectivity index (χ3n) is 8.43. The van der Waals surface area contributed by atoms with Crippen LogP contribution in [0.5, 0.6) is 6.01 Å². The average molecular weight is 609 g/mol. The van der Waals surface area contributed by atoms with E-state index in [1.807, 2.05) is 37.3 Å². The lowest BCUT2D eigenvalue weighted by Crippen LogP contribution is -2.53. The number of carbonyl (C=O) groups is 1. The van der Waals surface area contributed by atoms with Gasteiger partial charge in [0.25, 0.3) is 0 Å². The first-order chi connectivity index (χ1) is 20.3. The van der Waals surface area contributed by atoms with Crippen molar-refractivity contribution in [1.82, 2.24) is 19.8 Å². The Morgan fingerprint density at radius 2 is 1.93 bits per heavy atom. The van der Waals surface area contributed by atoms with Gasteiger partial charge in [-0.1, -0.05) is 60.1 Å². The van der Waals surface area contributed by atoms with E-state index in [4.69, 9.17) is 32.9 Å². The molecule has 10 heteroatoms. The van der Waals surface area contributed by atoms with Crippen molar-refractivity contribution >= 4 is 56.6 Å². The number of fused-ring (bicyclic) bond motifs is 2. The molecule has 218 valence electrons. The highest BCUT2D eigenvalue weighted by molar-refractivity contribution is 6.38. The van der Waals surface area contributed by atoms with E-state index in [0.717, 1.165) is 24.8 Å². The van der Waals surface area contributed by atoms with E-state index in [1.54, 1.807) is 17.0 Å². The van der Waals surface area contributed by atoms with E-state index in [-0.39, 0.29) is 40.1 Å². The fourth-order valence-electron chi connectivity index (χ4n) is 6.16. The first-order valence-electron chi connectivity index (χ1n) is 14.1.